The number of rotatable bonds is 6. The van der Waals surface area contributed by atoms with Gasteiger partial charge in [0.15, 0.2) is 0 Å². The van der Waals surface area contributed by atoms with Crippen LogP contribution in [0.3, 0.4) is 0 Å². The molecular weight excluding hydrogens is 240 g/mol. The summed E-state index contributed by atoms with van der Waals surface area (Å²) in [4.78, 5) is 25.6. The summed E-state index contributed by atoms with van der Waals surface area (Å²) in [7, 11) is 0. The van der Waals surface area contributed by atoms with E-state index in [2.05, 4.69) is 5.32 Å². The number of hydrogen-bond acceptors (Lipinski definition) is 2. The first kappa shape index (κ1) is 15.2. The number of carbonyl (C=O) groups is 2. The fraction of sp³-hybridized carbons (Fsp3) is 0.467. The number of hydrogen-bond donors (Lipinski definition) is 1. The smallest absolute Gasteiger partial charge is 0.251 e. The van der Waals surface area contributed by atoms with Crippen molar-refractivity contribution in [3.05, 3.63) is 35.9 Å². The number of nitrogens with one attached hydrogen (secondary N) is 1. The van der Waals surface area contributed by atoms with Gasteiger partial charge in [-0.3, -0.25) is 9.59 Å². The molecular formula is C15H22N2O2. The lowest BCUT2D eigenvalue weighted by atomic mass is 10.1. The van der Waals surface area contributed by atoms with E-state index in [0.717, 1.165) is 0 Å². The van der Waals surface area contributed by atoms with Crippen molar-refractivity contribution in [1.29, 1.82) is 0 Å². The zero-order valence-electron chi connectivity index (χ0n) is 11.8. The van der Waals surface area contributed by atoms with Crippen LogP contribution in [0.15, 0.2) is 30.3 Å². The summed E-state index contributed by atoms with van der Waals surface area (Å²) in [6, 6.07) is 8.86. The number of nitrogens with zero attached hydrogens (tertiary/aromatic N) is 1. The highest BCUT2D eigenvalue weighted by molar-refractivity contribution is 5.94. The molecule has 1 N–H and O–H groups in total. The van der Waals surface area contributed by atoms with Crippen LogP contribution in [0.5, 0.6) is 0 Å². The molecule has 1 aromatic rings. The zero-order chi connectivity index (χ0) is 14.3. The van der Waals surface area contributed by atoms with Crippen molar-refractivity contribution in [1.82, 2.24) is 10.2 Å². The average molecular weight is 262 g/mol. The summed E-state index contributed by atoms with van der Waals surface area (Å²) in [6.07, 6.45) is 0.334. The van der Waals surface area contributed by atoms with Crippen molar-refractivity contribution < 1.29 is 9.59 Å². The third-order valence-electron chi connectivity index (χ3n) is 3.01. The van der Waals surface area contributed by atoms with E-state index in [1.807, 2.05) is 39.0 Å². The minimum atomic E-state index is -0.166. The zero-order valence-corrected chi connectivity index (χ0v) is 11.8. The molecule has 0 fully saturated rings. The lowest BCUT2D eigenvalue weighted by Gasteiger charge is -2.21. The topological polar surface area (TPSA) is 49.4 Å². The summed E-state index contributed by atoms with van der Waals surface area (Å²) >= 11 is 0. The van der Waals surface area contributed by atoms with E-state index in [-0.39, 0.29) is 17.9 Å². The summed E-state index contributed by atoms with van der Waals surface area (Å²) in [5, 5.41) is 2.84. The average Bonchev–Trinajstić information content (AvgIpc) is 2.40. The molecule has 1 atom stereocenters. The van der Waals surface area contributed by atoms with Gasteiger partial charge in [0.05, 0.1) is 0 Å². The second-order valence-electron chi connectivity index (χ2n) is 4.51. The minimum Gasteiger partial charge on any atom is -0.349 e. The van der Waals surface area contributed by atoms with Gasteiger partial charge in [-0.2, -0.15) is 0 Å². The van der Waals surface area contributed by atoms with Crippen LogP contribution in [-0.2, 0) is 4.79 Å². The molecule has 0 radical (unpaired) electrons. The first-order valence-corrected chi connectivity index (χ1v) is 6.72. The van der Waals surface area contributed by atoms with Crippen molar-refractivity contribution in [2.24, 2.45) is 0 Å². The molecule has 0 bridgehead atoms. The first-order chi connectivity index (χ1) is 9.08. The Labute approximate surface area is 114 Å². The highest BCUT2D eigenvalue weighted by atomic mass is 16.2. The largest absolute Gasteiger partial charge is 0.349 e. The van der Waals surface area contributed by atoms with E-state index in [1.165, 1.54) is 0 Å². The summed E-state index contributed by atoms with van der Waals surface area (Å²) in [6.45, 7) is 7.16. The predicted octanol–water partition coefficient (Wildman–Crippen LogP) is 2.06. The maximum atomic E-state index is 11.9. The molecule has 4 nitrogen and oxygen atoms in total. The fourth-order valence-electron chi connectivity index (χ4n) is 1.92. The van der Waals surface area contributed by atoms with Gasteiger partial charge in [0.2, 0.25) is 5.91 Å². The van der Waals surface area contributed by atoms with E-state index >= 15 is 0 Å². The molecule has 19 heavy (non-hydrogen) atoms. The highest BCUT2D eigenvalue weighted by Gasteiger charge is 2.16. The Kier molecular flexibility index (Phi) is 6.06. The monoisotopic (exact) mass is 262 g/mol. The third kappa shape index (κ3) is 4.73. The molecule has 0 spiro atoms. The molecule has 0 aliphatic carbocycles. The van der Waals surface area contributed by atoms with Crippen LogP contribution in [0.2, 0.25) is 0 Å². The van der Waals surface area contributed by atoms with Crippen molar-refractivity contribution in [2.45, 2.75) is 33.2 Å². The van der Waals surface area contributed by atoms with E-state index < -0.39 is 0 Å². The van der Waals surface area contributed by atoms with E-state index in [1.54, 1.807) is 17.0 Å². The van der Waals surface area contributed by atoms with Crippen LogP contribution in [0.25, 0.3) is 0 Å². The van der Waals surface area contributed by atoms with Crippen LogP contribution in [-0.4, -0.2) is 35.8 Å². The molecule has 4 heteroatoms. The van der Waals surface area contributed by atoms with Crippen LogP contribution in [0, 0.1) is 0 Å². The molecule has 104 valence electrons. The molecule has 0 saturated carbocycles. The van der Waals surface area contributed by atoms with Crippen molar-refractivity contribution in [3.8, 4) is 0 Å². The van der Waals surface area contributed by atoms with Crippen molar-refractivity contribution >= 4 is 11.8 Å². The Morgan fingerprint density at radius 1 is 1.16 bits per heavy atom. The Hall–Kier alpha value is -1.84. The maximum absolute atomic E-state index is 11.9. The third-order valence-corrected chi connectivity index (χ3v) is 3.01. The van der Waals surface area contributed by atoms with Gasteiger partial charge in [0.25, 0.3) is 5.91 Å². The SMILES string of the molecule is CCN(CC)C(=O)CC(C)NC(=O)c1ccccc1. The highest BCUT2D eigenvalue weighted by Crippen LogP contribution is 2.02. The van der Waals surface area contributed by atoms with Crippen LogP contribution >= 0.6 is 0 Å². The second-order valence-corrected chi connectivity index (χ2v) is 4.51. The lowest BCUT2D eigenvalue weighted by Crippen LogP contribution is -2.39. The molecule has 0 aromatic heterocycles. The molecule has 0 aliphatic rings. The van der Waals surface area contributed by atoms with E-state index in [9.17, 15) is 9.59 Å². The minimum absolute atomic E-state index is 0.0749. The fourth-order valence-corrected chi connectivity index (χ4v) is 1.92. The Bertz CT molecular complexity index is 413. The van der Waals surface area contributed by atoms with Crippen molar-refractivity contribution in [2.75, 3.05) is 13.1 Å². The van der Waals surface area contributed by atoms with Crippen molar-refractivity contribution in [3.63, 3.8) is 0 Å². The normalized spacial score (nSPS) is 11.7. The molecule has 1 aromatic carbocycles. The number of benzene rings is 1. The van der Waals surface area contributed by atoms with Gasteiger partial charge in [0, 0.05) is 31.1 Å². The molecule has 1 rings (SSSR count). The van der Waals surface area contributed by atoms with E-state index in [4.69, 9.17) is 0 Å². The van der Waals surface area contributed by atoms with Gasteiger partial charge in [-0.15, -0.1) is 0 Å². The number of amides is 2. The lowest BCUT2D eigenvalue weighted by molar-refractivity contribution is -0.131. The molecule has 1 unspecified atom stereocenters. The summed E-state index contributed by atoms with van der Waals surface area (Å²) in [5.41, 5.74) is 0.615. The summed E-state index contributed by atoms with van der Waals surface area (Å²) < 4.78 is 0. The Morgan fingerprint density at radius 3 is 2.26 bits per heavy atom. The van der Waals surface area contributed by atoms with Crippen LogP contribution < -0.4 is 5.32 Å². The van der Waals surface area contributed by atoms with Gasteiger partial charge in [-0.05, 0) is 32.9 Å². The van der Waals surface area contributed by atoms with Crippen LogP contribution in [0.4, 0.5) is 0 Å². The maximum Gasteiger partial charge on any atom is 0.251 e. The van der Waals surface area contributed by atoms with Gasteiger partial charge in [0.1, 0.15) is 0 Å². The molecule has 0 aliphatic heterocycles. The van der Waals surface area contributed by atoms with Gasteiger partial charge < -0.3 is 10.2 Å². The van der Waals surface area contributed by atoms with Gasteiger partial charge in [-0.1, -0.05) is 18.2 Å². The molecule has 0 saturated heterocycles. The van der Waals surface area contributed by atoms with Crippen LogP contribution in [0.1, 0.15) is 37.6 Å². The number of carbonyl (C=O) groups excluding carboxylic acids is 2. The Morgan fingerprint density at radius 2 is 1.74 bits per heavy atom. The summed E-state index contributed by atoms with van der Waals surface area (Å²) in [5.74, 6) is -0.0636. The van der Waals surface area contributed by atoms with E-state index in [0.29, 0.717) is 25.1 Å². The quantitative estimate of drug-likeness (QED) is 0.853. The van der Waals surface area contributed by atoms with Gasteiger partial charge in [-0.25, -0.2) is 0 Å². The second kappa shape index (κ2) is 7.56. The molecule has 0 heterocycles. The molecule has 2 amide bonds. The van der Waals surface area contributed by atoms with Gasteiger partial charge >= 0.3 is 0 Å². The Balaban J connectivity index is 2.49. The first-order valence-electron chi connectivity index (χ1n) is 6.72. The standard InChI is InChI=1S/C15H22N2O2/c1-4-17(5-2)14(18)11-12(3)16-15(19)13-9-7-6-8-10-13/h6-10,12H,4-5,11H2,1-3H3,(H,16,19). The predicted molar refractivity (Wildman–Crippen MR) is 75.9 cm³/mol.